The van der Waals surface area contributed by atoms with Crippen LogP contribution in [-0.2, 0) is 6.54 Å². The monoisotopic (exact) mass is 257 g/mol. The minimum Gasteiger partial charge on any atom is -0.497 e. The van der Waals surface area contributed by atoms with E-state index >= 15 is 0 Å². The maximum absolute atomic E-state index is 11.6. The molecule has 1 amide bonds. The Kier molecular flexibility index (Phi) is 4.39. The van der Waals surface area contributed by atoms with E-state index in [4.69, 9.17) is 9.47 Å². The normalized spacial score (nSPS) is 9.74. The summed E-state index contributed by atoms with van der Waals surface area (Å²) in [6, 6.07) is 16.4. The van der Waals surface area contributed by atoms with Crippen molar-refractivity contribution in [3.63, 3.8) is 0 Å². The van der Waals surface area contributed by atoms with Crippen LogP contribution in [0.5, 0.6) is 11.5 Å². The molecule has 0 radical (unpaired) electrons. The Bertz CT molecular complexity index is 523. The molecule has 0 heterocycles. The first kappa shape index (κ1) is 13.0. The van der Waals surface area contributed by atoms with E-state index in [1.54, 1.807) is 19.2 Å². The lowest BCUT2D eigenvalue weighted by Crippen LogP contribution is -2.26. The summed E-state index contributed by atoms with van der Waals surface area (Å²) in [4.78, 5) is 11.6. The van der Waals surface area contributed by atoms with Crippen LogP contribution in [0.4, 0.5) is 4.79 Å². The van der Waals surface area contributed by atoms with Gasteiger partial charge in [-0.25, -0.2) is 4.79 Å². The Balaban J connectivity index is 1.83. The molecule has 2 aromatic carbocycles. The van der Waals surface area contributed by atoms with Crippen LogP contribution in [0.25, 0.3) is 0 Å². The Morgan fingerprint density at radius 3 is 2.32 bits per heavy atom. The maximum atomic E-state index is 11.6. The highest BCUT2D eigenvalue weighted by atomic mass is 16.6. The molecule has 0 aliphatic rings. The van der Waals surface area contributed by atoms with Crippen molar-refractivity contribution < 1.29 is 14.3 Å². The molecule has 1 N–H and O–H groups in total. The van der Waals surface area contributed by atoms with Gasteiger partial charge in [-0.3, -0.25) is 0 Å². The summed E-state index contributed by atoms with van der Waals surface area (Å²) in [6.45, 7) is 0.412. The van der Waals surface area contributed by atoms with Crippen molar-refractivity contribution in [1.29, 1.82) is 0 Å². The molecule has 0 spiro atoms. The van der Waals surface area contributed by atoms with Gasteiger partial charge in [0.15, 0.2) is 0 Å². The average Bonchev–Trinajstić information content (AvgIpc) is 2.47. The van der Waals surface area contributed by atoms with Crippen LogP contribution < -0.4 is 14.8 Å². The van der Waals surface area contributed by atoms with E-state index in [2.05, 4.69) is 5.32 Å². The van der Waals surface area contributed by atoms with Gasteiger partial charge in [0.1, 0.15) is 11.5 Å². The molecule has 19 heavy (non-hydrogen) atoms. The number of amides is 1. The number of carbonyl (C=O) groups excluding carboxylic acids is 1. The number of hydrogen-bond acceptors (Lipinski definition) is 3. The lowest BCUT2D eigenvalue weighted by atomic mass is 10.2. The topological polar surface area (TPSA) is 47.6 Å². The summed E-state index contributed by atoms with van der Waals surface area (Å²) < 4.78 is 10.2. The molecule has 4 heteroatoms. The third-order valence-electron chi connectivity index (χ3n) is 2.55. The van der Waals surface area contributed by atoms with Gasteiger partial charge in [-0.2, -0.15) is 0 Å². The maximum Gasteiger partial charge on any atom is 0.412 e. The van der Waals surface area contributed by atoms with Gasteiger partial charge in [0.25, 0.3) is 0 Å². The van der Waals surface area contributed by atoms with E-state index in [0.29, 0.717) is 12.3 Å². The molecule has 0 aliphatic heterocycles. The molecule has 0 unspecified atom stereocenters. The van der Waals surface area contributed by atoms with E-state index < -0.39 is 6.09 Å². The van der Waals surface area contributed by atoms with Crippen LogP contribution in [0.3, 0.4) is 0 Å². The molecule has 4 nitrogen and oxygen atoms in total. The zero-order valence-corrected chi connectivity index (χ0v) is 10.6. The number of para-hydroxylation sites is 1. The van der Waals surface area contributed by atoms with Crippen LogP contribution in [0, 0.1) is 0 Å². The second-order valence-electron chi connectivity index (χ2n) is 3.90. The van der Waals surface area contributed by atoms with Gasteiger partial charge in [-0.1, -0.05) is 30.3 Å². The number of nitrogens with one attached hydrogen (secondary N) is 1. The van der Waals surface area contributed by atoms with E-state index in [0.717, 1.165) is 11.3 Å². The molecule has 2 rings (SSSR count). The van der Waals surface area contributed by atoms with Crippen LogP contribution in [0.1, 0.15) is 5.56 Å². The van der Waals surface area contributed by atoms with Gasteiger partial charge in [-0.15, -0.1) is 0 Å². The standard InChI is InChI=1S/C15H15NO3/c1-18-13-9-7-12(8-10-13)11-16-15(17)19-14-5-3-2-4-6-14/h2-10H,11H2,1H3,(H,16,17). The highest BCUT2D eigenvalue weighted by molar-refractivity contribution is 5.70. The van der Waals surface area contributed by atoms with Crippen LogP contribution in [0.15, 0.2) is 54.6 Å². The van der Waals surface area contributed by atoms with Crippen molar-refractivity contribution >= 4 is 6.09 Å². The molecule has 0 saturated carbocycles. The van der Waals surface area contributed by atoms with Crippen molar-refractivity contribution in [2.75, 3.05) is 7.11 Å². The fraction of sp³-hybridized carbons (Fsp3) is 0.133. The fourth-order valence-corrected chi connectivity index (χ4v) is 1.55. The first-order chi connectivity index (χ1) is 9.28. The zero-order valence-electron chi connectivity index (χ0n) is 10.6. The van der Waals surface area contributed by atoms with Gasteiger partial charge in [0.2, 0.25) is 0 Å². The van der Waals surface area contributed by atoms with Crippen LogP contribution >= 0.6 is 0 Å². The Labute approximate surface area is 112 Å². The van der Waals surface area contributed by atoms with Gasteiger partial charge < -0.3 is 14.8 Å². The predicted molar refractivity (Wildman–Crippen MR) is 72.3 cm³/mol. The molecule has 2 aromatic rings. The number of rotatable bonds is 4. The lowest BCUT2D eigenvalue weighted by molar-refractivity contribution is 0.200. The molecule has 0 bridgehead atoms. The van der Waals surface area contributed by atoms with Crippen molar-refractivity contribution in [2.45, 2.75) is 6.54 Å². The second-order valence-corrected chi connectivity index (χ2v) is 3.90. The summed E-state index contributed by atoms with van der Waals surface area (Å²) in [5, 5.41) is 2.68. The zero-order chi connectivity index (χ0) is 13.5. The highest BCUT2D eigenvalue weighted by Gasteiger charge is 2.03. The molecular weight excluding hydrogens is 242 g/mol. The quantitative estimate of drug-likeness (QED) is 0.916. The smallest absolute Gasteiger partial charge is 0.412 e. The molecule has 0 aliphatic carbocycles. The van der Waals surface area contributed by atoms with E-state index in [-0.39, 0.29) is 0 Å². The van der Waals surface area contributed by atoms with E-state index in [1.807, 2.05) is 42.5 Å². The van der Waals surface area contributed by atoms with Crippen LogP contribution in [0.2, 0.25) is 0 Å². The number of ether oxygens (including phenoxy) is 2. The number of methoxy groups -OCH3 is 1. The first-order valence-corrected chi connectivity index (χ1v) is 5.91. The molecule has 0 aromatic heterocycles. The number of carbonyl (C=O) groups is 1. The minimum atomic E-state index is -0.470. The molecule has 98 valence electrons. The van der Waals surface area contributed by atoms with Crippen molar-refractivity contribution in [1.82, 2.24) is 5.32 Å². The Morgan fingerprint density at radius 1 is 1.00 bits per heavy atom. The molecule has 0 saturated heterocycles. The SMILES string of the molecule is COc1ccc(CNC(=O)Oc2ccccc2)cc1. The number of hydrogen-bond donors (Lipinski definition) is 1. The Morgan fingerprint density at radius 2 is 1.68 bits per heavy atom. The third kappa shape index (κ3) is 4.03. The van der Waals surface area contributed by atoms with Gasteiger partial charge in [-0.05, 0) is 29.8 Å². The fourth-order valence-electron chi connectivity index (χ4n) is 1.55. The van der Waals surface area contributed by atoms with Gasteiger partial charge in [0.05, 0.1) is 7.11 Å². The largest absolute Gasteiger partial charge is 0.497 e. The molecule has 0 atom stereocenters. The molecule has 0 fully saturated rings. The van der Waals surface area contributed by atoms with Gasteiger partial charge in [0, 0.05) is 6.54 Å². The number of benzene rings is 2. The lowest BCUT2D eigenvalue weighted by Gasteiger charge is -2.07. The van der Waals surface area contributed by atoms with E-state index in [1.165, 1.54) is 0 Å². The van der Waals surface area contributed by atoms with Crippen molar-refractivity contribution in [2.24, 2.45) is 0 Å². The van der Waals surface area contributed by atoms with Crippen LogP contribution in [-0.4, -0.2) is 13.2 Å². The summed E-state index contributed by atoms with van der Waals surface area (Å²) in [5.74, 6) is 1.31. The summed E-state index contributed by atoms with van der Waals surface area (Å²) >= 11 is 0. The van der Waals surface area contributed by atoms with Crippen molar-refractivity contribution in [3.8, 4) is 11.5 Å². The third-order valence-corrected chi connectivity index (χ3v) is 2.55. The first-order valence-electron chi connectivity index (χ1n) is 5.91. The summed E-state index contributed by atoms with van der Waals surface area (Å²) in [6.07, 6.45) is -0.470. The average molecular weight is 257 g/mol. The molecular formula is C15H15NO3. The second kappa shape index (κ2) is 6.44. The van der Waals surface area contributed by atoms with Crippen molar-refractivity contribution in [3.05, 3.63) is 60.2 Å². The predicted octanol–water partition coefficient (Wildman–Crippen LogP) is 2.98. The van der Waals surface area contributed by atoms with E-state index in [9.17, 15) is 4.79 Å². The summed E-state index contributed by atoms with van der Waals surface area (Å²) in [5.41, 5.74) is 0.978. The summed E-state index contributed by atoms with van der Waals surface area (Å²) in [7, 11) is 1.62. The van der Waals surface area contributed by atoms with Gasteiger partial charge >= 0.3 is 6.09 Å². The highest BCUT2D eigenvalue weighted by Crippen LogP contribution is 2.11. The Hall–Kier alpha value is -2.49. The minimum absolute atomic E-state index is 0.412.